The molecule has 1 fully saturated rings. The fraction of sp³-hybridized carbons (Fsp3) is 0.875. The molecule has 20 heavy (non-hydrogen) atoms. The van der Waals surface area contributed by atoms with Gasteiger partial charge in [-0.1, -0.05) is 47.5 Å². The average Bonchev–Trinajstić information content (AvgIpc) is 2.72. The number of carbonyl (C=O) groups excluding carboxylic acids is 1. The summed E-state index contributed by atoms with van der Waals surface area (Å²) < 4.78 is 0. The first-order valence-electron chi connectivity index (χ1n) is 7.62. The lowest BCUT2D eigenvalue weighted by molar-refractivity contribution is -0.147. The first-order valence-corrected chi connectivity index (χ1v) is 7.62. The first-order chi connectivity index (χ1) is 9.08. The molecule has 1 aliphatic carbocycles. The molecule has 1 aliphatic rings. The summed E-state index contributed by atoms with van der Waals surface area (Å²) in [6.07, 6.45) is 4.73. The Balaban J connectivity index is 2.88. The molecule has 0 spiro atoms. The molecular formula is C16H29NO3. The Kier molecular flexibility index (Phi) is 5.22. The zero-order valence-corrected chi connectivity index (χ0v) is 13.5. The van der Waals surface area contributed by atoms with E-state index in [2.05, 4.69) is 19.2 Å². The summed E-state index contributed by atoms with van der Waals surface area (Å²) >= 11 is 0. The second-order valence-corrected chi connectivity index (χ2v) is 7.70. The van der Waals surface area contributed by atoms with Gasteiger partial charge in [0.1, 0.15) is 6.04 Å². The molecule has 1 saturated carbocycles. The van der Waals surface area contributed by atoms with Gasteiger partial charge in [0.25, 0.3) is 0 Å². The monoisotopic (exact) mass is 283 g/mol. The molecule has 1 amide bonds. The normalized spacial score (nSPS) is 19.9. The summed E-state index contributed by atoms with van der Waals surface area (Å²) in [7, 11) is 0. The zero-order valence-electron chi connectivity index (χ0n) is 13.5. The summed E-state index contributed by atoms with van der Waals surface area (Å²) in [5, 5.41) is 12.2. The van der Waals surface area contributed by atoms with E-state index >= 15 is 0 Å². The number of carbonyl (C=O) groups is 2. The van der Waals surface area contributed by atoms with Gasteiger partial charge >= 0.3 is 5.97 Å². The number of rotatable bonds is 5. The molecule has 4 heteroatoms. The number of amides is 1. The largest absolute Gasteiger partial charge is 0.480 e. The van der Waals surface area contributed by atoms with Gasteiger partial charge in [0.15, 0.2) is 0 Å². The minimum atomic E-state index is -0.955. The minimum absolute atomic E-state index is 0.0639. The Labute approximate surface area is 122 Å². The molecule has 116 valence electrons. The molecule has 0 aromatic heterocycles. The van der Waals surface area contributed by atoms with Gasteiger partial charge in [-0.15, -0.1) is 0 Å². The Hall–Kier alpha value is -1.06. The second kappa shape index (κ2) is 6.15. The van der Waals surface area contributed by atoms with Crippen molar-refractivity contribution in [2.24, 2.45) is 16.7 Å². The fourth-order valence-electron chi connectivity index (χ4n) is 3.29. The lowest BCUT2D eigenvalue weighted by Gasteiger charge is -2.34. The van der Waals surface area contributed by atoms with Crippen molar-refractivity contribution in [3.8, 4) is 0 Å². The smallest absolute Gasteiger partial charge is 0.326 e. The van der Waals surface area contributed by atoms with E-state index in [0.29, 0.717) is 5.92 Å². The maximum Gasteiger partial charge on any atom is 0.326 e. The fourth-order valence-corrected chi connectivity index (χ4v) is 3.29. The number of hydrogen-bond acceptors (Lipinski definition) is 2. The molecule has 4 nitrogen and oxygen atoms in total. The quantitative estimate of drug-likeness (QED) is 0.814. The summed E-state index contributed by atoms with van der Waals surface area (Å²) in [6, 6.07) is -0.834. The number of carboxylic acids is 1. The predicted molar refractivity (Wildman–Crippen MR) is 79.4 cm³/mol. The molecule has 1 unspecified atom stereocenters. The van der Waals surface area contributed by atoms with Crippen molar-refractivity contribution in [2.45, 2.75) is 72.8 Å². The molecule has 0 bridgehead atoms. The van der Waals surface area contributed by atoms with E-state index in [1.807, 2.05) is 20.8 Å². The van der Waals surface area contributed by atoms with Crippen molar-refractivity contribution in [3.63, 3.8) is 0 Å². The topological polar surface area (TPSA) is 66.4 Å². The minimum Gasteiger partial charge on any atom is -0.480 e. The standard InChI is InChI=1S/C16H29NO3/c1-11(2)10-16(8-6-7-9-16)14(20)17-12(13(18)19)15(3,4)5/h11-12H,6-10H2,1-5H3,(H,17,20)(H,18,19). The Morgan fingerprint density at radius 3 is 2.05 bits per heavy atom. The van der Waals surface area contributed by atoms with Crippen LogP contribution in [0.4, 0.5) is 0 Å². The van der Waals surface area contributed by atoms with Gasteiger partial charge in [-0.05, 0) is 30.6 Å². The van der Waals surface area contributed by atoms with Gasteiger partial charge in [-0.3, -0.25) is 4.79 Å². The Morgan fingerprint density at radius 2 is 1.70 bits per heavy atom. The van der Waals surface area contributed by atoms with Gasteiger partial charge in [0.05, 0.1) is 0 Å². The molecule has 0 radical (unpaired) electrons. The van der Waals surface area contributed by atoms with Crippen molar-refractivity contribution in [3.05, 3.63) is 0 Å². The SMILES string of the molecule is CC(C)CC1(C(=O)NC(C(=O)O)C(C)(C)C)CCCC1. The van der Waals surface area contributed by atoms with Gasteiger partial charge in [-0.2, -0.15) is 0 Å². The van der Waals surface area contributed by atoms with E-state index < -0.39 is 17.4 Å². The van der Waals surface area contributed by atoms with Crippen LogP contribution in [0.25, 0.3) is 0 Å². The van der Waals surface area contributed by atoms with E-state index in [0.717, 1.165) is 32.1 Å². The van der Waals surface area contributed by atoms with E-state index in [1.54, 1.807) is 0 Å². The van der Waals surface area contributed by atoms with E-state index in [-0.39, 0.29) is 11.3 Å². The molecule has 0 aromatic rings. The molecule has 1 rings (SSSR count). The van der Waals surface area contributed by atoms with Crippen LogP contribution < -0.4 is 5.32 Å². The average molecular weight is 283 g/mol. The number of nitrogens with one attached hydrogen (secondary N) is 1. The van der Waals surface area contributed by atoms with Crippen molar-refractivity contribution >= 4 is 11.9 Å². The molecule has 0 saturated heterocycles. The third kappa shape index (κ3) is 3.97. The van der Waals surface area contributed by atoms with Crippen LogP contribution in [-0.4, -0.2) is 23.0 Å². The second-order valence-electron chi connectivity index (χ2n) is 7.70. The Bertz CT molecular complexity index is 362. The van der Waals surface area contributed by atoms with Crippen LogP contribution in [0.5, 0.6) is 0 Å². The molecule has 0 aliphatic heterocycles. The van der Waals surface area contributed by atoms with Crippen LogP contribution in [0, 0.1) is 16.7 Å². The molecular weight excluding hydrogens is 254 g/mol. The van der Waals surface area contributed by atoms with Gasteiger partial charge < -0.3 is 10.4 Å². The van der Waals surface area contributed by atoms with Crippen molar-refractivity contribution in [1.82, 2.24) is 5.32 Å². The summed E-state index contributed by atoms with van der Waals surface area (Å²) in [5.74, 6) is -0.577. The number of hydrogen-bond donors (Lipinski definition) is 2. The third-order valence-electron chi connectivity index (χ3n) is 4.23. The molecule has 0 aromatic carbocycles. The van der Waals surface area contributed by atoms with Gasteiger partial charge in [0.2, 0.25) is 5.91 Å². The lowest BCUT2D eigenvalue weighted by Crippen LogP contribution is -2.53. The highest BCUT2D eigenvalue weighted by Gasteiger charge is 2.44. The summed E-state index contributed by atoms with van der Waals surface area (Å²) in [4.78, 5) is 24.1. The van der Waals surface area contributed by atoms with Crippen molar-refractivity contribution < 1.29 is 14.7 Å². The van der Waals surface area contributed by atoms with Crippen molar-refractivity contribution in [2.75, 3.05) is 0 Å². The number of aliphatic carboxylic acids is 1. The van der Waals surface area contributed by atoms with Gasteiger partial charge in [-0.25, -0.2) is 4.79 Å². The molecule has 1 atom stereocenters. The van der Waals surface area contributed by atoms with Crippen molar-refractivity contribution in [1.29, 1.82) is 0 Å². The van der Waals surface area contributed by atoms with Crippen LogP contribution in [0.3, 0.4) is 0 Å². The van der Waals surface area contributed by atoms with Crippen LogP contribution in [0.1, 0.15) is 66.7 Å². The summed E-state index contributed by atoms with van der Waals surface area (Å²) in [5.41, 5.74) is -0.841. The number of carboxylic acid groups (broad SMARTS) is 1. The Morgan fingerprint density at radius 1 is 1.20 bits per heavy atom. The van der Waals surface area contributed by atoms with E-state index in [1.165, 1.54) is 0 Å². The van der Waals surface area contributed by atoms with Gasteiger partial charge in [0, 0.05) is 5.41 Å². The highest BCUT2D eigenvalue weighted by atomic mass is 16.4. The van der Waals surface area contributed by atoms with Crippen LogP contribution in [-0.2, 0) is 9.59 Å². The maximum atomic E-state index is 12.7. The van der Waals surface area contributed by atoms with Crippen LogP contribution >= 0.6 is 0 Å². The van der Waals surface area contributed by atoms with Crippen LogP contribution in [0.15, 0.2) is 0 Å². The first kappa shape index (κ1) is 17.0. The summed E-state index contributed by atoms with van der Waals surface area (Å²) in [6.45, 7) is 9.76. The highest BCUT2D eigenvalue weighted by Crippen LogP contribution is 2.43. The maximum absolute atomic E-state index is 12.7. The van der Waals surface area contributed by atoms with E-state index in [4.69, 9.17) is 0 Å². The zero-order chi connectivity index (χ0) is 15.6. The lowest BCUT2D eigenvalue weighted by atomic mass is 9.76. The molecule has 2 N–H and O–H groups in total. The molecule has 0 heterocycles. The van der Waals surface area contributed by atoms with Crippen LogP contribution in [0.2, 0.25) is 0 Å². The highest BCUT2D eigenvalue weighted by molar-refractivity contribution is 5.88. The van der Waals surface area contributed by atoms with E-state index in [9.17, 15) is 14.7 Å². The third-order valence-corrected chi connectivity index (χ3v) is 4.23. The predicted octanol–water partition coefficient (Wildman–Crippen LogP) is 3.21.